The molecule has 1 aliphatic carbocycles. The van der Waals surface area contributed by atoms with Gasteiger partial charge < -0.3 is 14.6 Å². The smallest absolute Gasteiger partial charge is 0.270 e. The van der Waals surface area contributed by atoms with Gasteiger partial charge in [-0.15, -0.1) is 0 Å². The van der Waals surface area contributed by atoms with E-state index in [9.17, 15) is 13.9 Å². The Morgan fingerprint density at radius 1 is 1.22 bits per heavy atom. The van der Waals surface area contributed by atoms with Crippen LogP contribution in [-0.4, -0.2) is 18.3 Å². The van der Waals surface area contributed by atoms with E-state index in [2.05, 4.69) is 0 Å². The third kappa shape index (κ3) is 1.82. The maximum absolute atomic E-state index is 13.4. The van der Waals surface area contributed by atoms with Gasteiger partial charge in [-0.05, 0) is 25.0 Å². The molecule has 0 atom stereocenters. The van der Waals surface area contributed by atoms with Gasteiger partial charge in [0.05, 0.1) is 5.60 Å². The Morgan fingerprint density at radius 2 is 1.89 bits per heavy atom. The number of alkyl halides is 2. The molecule has 0 spiro atoms. The fraction of sp³-hybridized carbons (Fsp3) is 0.538. The van der Waals surface area contributed by atoms with Gasteiger partial charge in [-0.2, -0.15) is 0 Å². The maximum Gasteiger partial charge on any atom is 0.270 e. The van der Waals surface area contributed by atoms with E-state index in [4.69, 9.17) is 9.47 Å². The van der Waals surface area contributed by atoms with Crippen molar-refractivity contribution < 1.29 is 23.4 Å². The van der Waals surface area contributed by atoms with Gasteiger partial charge in [-0.3, -0.25) is 0 Å². The third-order valence-corrected chi connectivity index (χ3v) is 3.37. The lowest BCUT2D eigenvalue weighted by Gasteiger charge is -2.25. The highest BCUT2D eigenvalue weighted by atomic mass is 19.3. The van der Waals surface area contributed by atoms with E-state index in [1.807, 2.05) is 0 Å². The first-order chi connectivity index (χ1) is 8.40. The monoisotopic (exact) mass is 256 g/mol. The summed E-state index contributed by atoms with van der Waals surface area (Å²) < 4.78 is 37.7. The molecule has 3 nitrogen and oxygen atoms in total. The van der Waals surface area contributed by atoms with Crippen LogP contribution in [0.3, 0.4) is 0 Å². The Balaban J connectivity index is 2.16. The van der Waals surface area contributed by atoms with Crippen LogP contribution in [0.2, 0.25) is 0 Å². The lowest BCUT2D eigenvalue weighted by molar-refractivity contribution is 0.0164. The average molecular weight is 256 g/mol. The minimum atomic E-state index is -2.96. The van der Waals surface area contributed by atoms with Crippen molar-refractivity contribution in [3.63, 3.8) is 0 Å². The van der Waals surface area contributed by atoms with E-state index in [0.29, 0.717) is 43.1 Å². The standard InChI is InChI=1S/C13H14F2O3/c1-12(14,15)8-6-9(13(16)2-3-13)11-10(7-8)17-4-5-18-11/h6-7,16H,2-5H2,1H3. The number of rotatable bonds is 2. The Morgan fingerprint density at radius 3 is 2.50 bits per heavy atom. The SMILES string of the molecule is CC(F)(F)c1cc2c(c(C3(O)CC3)c1)OCCO2. The van der Waals surface area contributed by atoms with Crippen LogP contribution in [0.1, 0.15) is 30.9 Å². The molecular weight excluding hydrogens is 242 g/mol. The summed E-state index contributed by atoms with van der Waals surface area (Å²) in [7, 11) is 0. The molecule has 1 aromatic rings. The zero-order valence-corrected chi connectivity index (χ0v) is 10.0. The van der Waals surface area contributed by atoms with Crippen LogP contribution in [0.4, 0.5) is 8.78 Å². The molecule has 1 aliphatic heterocycles. The molecule has 1 fully saturated rings. The second-order valence-electron chi connectivity index (χ2n) is 4.97. The minimum Gasteiger partial charge on any atom is -0.486 e. The van der Waals surface area contributed by atoms with Gasteiger partial charge in [0, 0.05) is 18.1 Å². The van der Waals surface area contributed by atoms with Gasteiger partial charge in [0.25, 0.3) is 5.92 Å². The van der Waals surface area contributed by atoms with E-state index in [1.165, 1.54) is 12.1 Å². The molecule has 5 heteroatoms. The van der Waals surface area contributed by atoms with Gasteiger partial charge >= 0.3 is 0 Å². The first-order valence-electron chi connectivity index (χ1n) is 5.95. The molecule has 1 heterocycles. The molecule has 0 amide bonds. The highest BCUT2D eigenvalue weighted by Gasteiger charge is 2.46. The number of hydrogen-bond acceptors (Lipinski definition) is 3. The summed E-state index contributed by atoms with van der Waals surface area (Å²) in [5, 5.41) is 10.2. The van der Waals surface area contributed by atoms with E-state index in [0.717, 1.165) is 6.92 Å². The molecule has 0 unspecified atom stereocenters. The van der Waals surface area contributed by atoms with Crippen LogP contribution < -0.4 is 9.47 Å². The predicted molar refractivity (Wildman–Crippen MR) is 60.1 cm³/mol. The number of benzene rings is 1. The van der Waals surface area contributed by atoms with Crippen LogP contribution in [0.15, 0.2) is 12.1 Å². The van der Waals surface area contributed by atoms with Crippen LogP contribution >= 0.6 is 0 Å². The summed E-state index contributed by atoms with van der Waals surface area (Å²) in [4.78, 5) is 0. The molecule has 18 heavy (non-hydrogen) atoms. The van der Waals surface area contributed by atoms with E-state index in [1.54, 1.807) is 0 Å². The number of fused-ring (bicyclic) bond motifs is 1. The van der Waals surface area contributed by atoms with Crippen molar-refractivity contribution in [2.24, 2.45) is 0 Å². The van der Waals surface area contributed by atoms with Crippen molar-refractivity contribution in [2.45, 2.75) is 31.3 Å². The quantitative estimate of drug-likeness (QED) is 0.883. The zero-order valence-electron chi connectivity index (χ0n) is 10.0. The predicted octanol–water partition coefficient (Wildman–Crippen LogP) is 2.55. The molecular formula is C13H14F2O3. The Labute approximate surface area is 103 Å². The topological polar surface area (TPSA) is 38.7 Å². The molecule has 98 valence electrons. The largest absolute Gasteiger partial charge is 0.486 e. The van der Waals surface area contributed by atoms with Crippen LogP contribution in [-0.2, 0) is 11.5 Å². The van der Waals surface area contributed by atoms with Gasteiger partial charge in [0.15, 0.2) is 11.5 Å². The van der Waals surface area contributed by atoms with Gasteiger partial charge in [-0.25, -0.2) is 8.78 Å². The third-order valence-electron chi connectivity index (χ3n) is 3.37. The number of halogens is 2. The molecule has 1 aromatic carbocycles. The summed E-state index contributed by atoms with van der Waals surface area (Å²) in [6, 6.07) is 2.63. The summed E-state index contributed by atoms with van der Waals surface area (Å²) in [5.74, 6) is -2.25. The molecule has 0 bridgehead atoms. The van der Waals surface area contributed by atoms with Crippen molar-refractivity contribution in [3.8, 4) is 11.5 Å². The molecule has 3 rings (SSSR count). The first kappa shape index (κ1) is 11.7. The van der Waals surface area contributed by atoms with Crippen LogP contribution in [0, 0.1) is 0 Å². The lowest BCUT2D eigenvalue weighted by atomic mass is 9.99. The van der Waals surface area contributed by atoms with Crippen molar-refractivity contribution >= 4 is 0 Å². The molecule has 0 radical (unpaired) electrons. The number of ether oxygens (including phenoxy) is 2. The van der Waals surface area contributed by atoms with E-state index >= 15 is 0 Å². The highest BCUT2D eigenvalue weighted by Crippen LogP contribution is 2.53. The summed E-state index contributed by atoms with van der Waals surface area (Å²) >= 11 is 0. The summed E-state index contributed by atoms with van der Waals surface area (Å²) in [6.07, 6.45) is 1.14. The minimum absolute atomic E-state index is 0.151. The van der Waals surface area contributed by atoms with Crippen molar-refractivity contribution in [2.75, 3.05) is 13.2 Å². The molecule has 0 aromatic heterocycles. The Kier molecular flexibility index (Phi) is 2.32. The highest BCUT2D eigenvalue weighted by molar-refractivity contribution is 5.54. The average Bonchev–Trinajstić information content (AvgIpc) is 3.06. The zero-order chi connectivity index (χ0) is 13.0. The van der Waals surface area contributed by atoms with Crippen molar-refractivity contribution in [1.82, 2.24) is 0 Å². The second-order valence-corrected chi connectivity index (χ2v) is 4.97. The van der Waals surface area contributed by atoms with Gasteiger partial charge in [0.1, 0.15) is 13.2 Å². The van der Waals surface area contributed by atoms with Gasteiger partial charge in [0.2, 0.25) is 0 Å². The van der Waals surface area contributed by atoms with Crippen molar-refractivity contribution in [3.05, 3.63) is 23.3 Å². The second kappa shape index (κ2) is 3.57. The molecule has 2 aliphatic rings. The van der Waals surface area contributed by atoms with Crippen LogP contribution in [0.25, 0.3) is 0 Å². The molecule has 0 saturated heterocycles. The fourth-order valence-electron chi connectivity index (χ4n) is 2.14. The summed E-state index contributed by atoms with van der Waals surface area (Å²) in [6.45, 7) is 1.54. The van der Waals surface area contributed by atoms with Gasteiger partial charge in [-0.1, -0.05) is 0 Å². The van der Waals surface area contributed by atoms with Crippen molar-refractivity contribution in [1.29, 1.82) is 0 Å². The summed E-state index contributed by atoms with van der Waals surface area (Å²) in [5.41, 5.74) is -0.746. The van der Waals surface area contributed by atoms with E-state index < -0.39 is 11.5 Å². The maximum atomic E-state index is 13.4. The van der Waals surface area contributed by atoms with Crippen LogP contribution in [0.5, 0.6) is 11.5 Å². The molecule has 1 saturated carbocycles. The first-order valence-corrected chi connectivity index (χ1v) is 5.95. The fourth-order valence-corrected chi connectivity index (χ4v) is 2.14. The number of aliphatic hydroxyl groups is 1. The van der Waals surface area contributed by atoms with E-state index in [-0.39, 0.29) is 5.56 Å². The molecule has 1 N–H and O–H groups in total. The normalized spacial score (nSPS) is 20.7. The Hall–Kier alpha value is -1.36. The Bertz CT molecular complexity index is 490. The lowest BCUT2D eigenvalue weighted by Crippen LogP contribution is -2.21. The number of hydrogen-bond donors (Lipinski definition) is 1.